The molecule has 1 rings (SSSR count). The second-order valence-corrected chi connectivity index (χ2v) is 3.08. The summed E-state index contributed by atoms with van der Waals surface area (Å²) in [5, 5.41) is 0. The van der Waals surface area contributed by atoms with Crippen LogP contribution in [-0.2, 0) is 19.0 Å². The number of methoxy groups -OCH3 is 1. The fourth-order valence-electron chi connectivity index (χ4n) is 1.26. The van der Waals surface area contributed by atoms with Crippen LogP contribution in [0.15, 0.2) is 0 Å². The number of carbonyl (C=O) groups is 1. The third kappa shape index (κ3) is 3.77. The van der Waals surface area contributed by atoms with E-state index >= 15 is 0 Å². The van der Waals surface area contributed by atoms with Gasteiger partial charge in [0.15, 0.2) is 6.29 Å². The van der Waals surface area contributed by atoms with Crippen LogP contribution in [0, 0.1) is 12.0 Å². The molecule has 0 amide bonds. The molecule has 2 atom stereocenters. The number of rotatable bonds is 2. The van der Waals surface area contributed by atoms with Crippen molar-refractivity contribution < 1.29 is 19.0 Å². The number of esters is 1. The zero-order valence-electron chi connectivity index (χ0n) is 8.41. The lowest BCUT2D eigenvalue weighted by Gasteiger charge is -2.08. The average molecular weight is 198 g/mol. The fraction of sp³-hybridized carbons (Fsp3) is 0.700. The molecular weight excluding hydrogens is 184 g/mol. The van der Waals surface area contributed by atoms with Gasteiger partial charge in [0.25, 0.3) is 0 Å². The van der Waals surface area contributed by atoms with Crippen LogP contribution in [0.4, 0.5) is 0 Å². The van der Waals surface area contributed by atoms with E-state index in [-0.39, 0.29) is 18.4 Å². The van der Waals surface area contributed by atoms with Crippen molar-refractivity contribution in [1.82, 2.24) is 0 Å². The minimum Gasteiger partial charge on any atom is -0.372 e. The van der Waals surface area contributed by atoms with Gasteiger partial charge in [0.1, 0.15) is 6.11 Å². The molecule has 1 fully saturated rings. The van der Waals surface area contributed by atoms with Crippen molar-refractivity contribution in [2.24, 2.45) is 0 Å². The Morgan fingerprint density at radius 2 is 2.36 bits per heavy atom. The highest BCUT2D eigenvalue weighted by molar-refractivity contribution is 5.67. The van der Waals surface area contributed by atoms with Crippen LogP contribution in [0.3, 0.4) is 0 Å². The maximum absolute atomic E-state index is 10.4. The highest BCUT2D eigenvalue weighted by Gasteiger charge is 2.23. The average Bonchev–Trinajstić information content (AvgIpc) is 2.60. The molecule has 0 N–H and O–H groups in total. The van der Waals surface area contributed by atoms with E-state index in [1.165, 1.54) is 6.92 Å². The molecule has 0 aromatic carbocycles. The molecule has 1 saturated heterocycles. The summed E-state index contributed by atoms with van der Waals surface area (Å²) in [6, 6.07) is 0. The van der Waals surface area contributed by atoms with Gasteiger partial charge in [-0.1, -0.05) is 5.92 Å². The van der Waals surface area contributed by atoms with Gasteiger partial charge in [-0.25, -0.2) is 0 Å². The van der Waals surface area contributed by atoms with Gasteiger partial charge in [0.05, 0.1) is 6.10 Å². The van der Waals surface area contributed by atoms with Crippen molar-refractivity contribution in [1.29, 1.82) is 0 Å². The lowest BCUT2D eigenvalue weighted by Crippen LogP contribution is -2.11. The molecule has 1 heterocycles. The molecule has 0 aromatic heterocycles. The first-order valence-electron chi connectivity index (χ1n) is 4.56. The van der Waals surface area contributed by atoms with E-state index < -0.39 is 0 Å². The zero-order chi connectivity index (χ0) is 10.4. The molecule has 0 radical (unpaired) electrons. The molecule has 1 aliphatic heterocycles. The van der Waals surface area contributed by atoms with Gasteiger partial charge in [-0.2, -0.15) is 0 Å². The largest absolute Gasteiger partial charge is 0.372 e. The summed E-state index contributed by atoms with van der Waals surface area (Å²) in [5.74, 6) is 2.34. The van der Waals surface area contributed by atoms with Gasteiger partial charge in [-0.05, 0) is 6.42 Å². The maximum atomic E-state index is 10.4. The van der Waals surface area contributed by atoms with E-state index in [1.54, 1.807) is 7.11 Å². The van der Waals surface area contributed by atoms with Gasteiger partial charge < -0.3 is 14.2 Å². The van der Waals surface area contributed by atoms with Crippen molar-refractivity contribution in [3.63, 3.8) is 0 Å². The first-order chi connectivity index (χ1) is 6.72. The normalized spacial score (nSPS) is 25.3. The Hall–Kier alpha value is -1.05. The van der Waals surface area contributed by atoms with E-state index in [2.05, 4.69) is 16.8 Å². The number of carbonyl (C=O) groups excluding carboxylic acids is 1. The molecule has 0 saturated carbocycles. The fourth-order valence-corrected chi connectivity index (χ4v) is 1.26. The minimum absolute atomic E-state index is 0.100. The van der Waals surface area contributed by atoms with Crippen LogP contribution in [0.25, 0.3) is 0 Å². The Balaban J connectivity index is 2.18. The Bertz CT molecular complexity index is 251. The van der Waals surface area contributed by atoms with Crippen molar-refractivity contribution in [2.45, 2.75) is 38.6 Å². The highest BCUT2D eigenvalue weighted by atomic mass is 16.7. The van der Waals surface area contributed by atoms with Crippen molar-refractivity contribution in [2.75, 3.05) is 7.11 Å². The van der Waals surface area contributed by atoms with Crippen LogP contribution in [0.5, 0.6) is 0 Å². The SMILES string of the molecule is CO[C@@H]1CC[C@H](CC#COC(C)=O)O1. The van der Waals surface area contributed by atoms with Gasteiger partial charge >= 0.3 is 5.97 Å². The summed E-state index contributed by atoms with van der Waals surface area (Å²) in [6.07, 6.45) is 4.74. The Morgan fingerprint density at radius 3 is 2.93 bits per heavy atom. The Labute approximate surface area is 83.5 Å². The third-order valence-corrected chi connectivity index (χ3v) is 1.93. The van der Waals surface area contributed by atoms with Gasteiger partial charge in [-0.15, -0.1) is 0 Å². The number of hydrogen-bond donors (Lipinski definition) is 0. The lowest BCUT2D eigenvalue weighted by atomic mass is 10.2. The summed E-state index contributed by atoms with van der Waals surface area (Å²) in [7, 11) is 1.62. The van der Waals surface area contributed by atoms with Crippen LogP contribution >= 0.6 is 0 Å². The molecule has 1 aliphatic rings. The second-order valence-electron chi connectivity index (χ2n) is 3.08. The first kappa shape index (κ1) is 11.0. The zero-order valence-corrected chi connectivity index (χ0v) is 8.41. The summed E-state index contributed by atoms with van der Waals surface area (Å²) >= 11 is 0. The molecule has 4 heteroatoms. The van der Waals surface area contributed by atoms with Crippen molar-refractivity contribution >= 4 is 5.97 Å². The van der Waals surface area contributed by atoms with Crippen molar-refractivity contribution in [3.8, 4) is 12.0 Å². The van der Waals surface area contributed by atoms with E-state index in [4.69, 9.17) is 9.47 Å². The molecule has 0 spiro atoms. The summed E-state index contributed by atoms with van der Waals surface area (Å²) < 4.78 is 15.0. The number of hydrogen-bond acceptors (Lipinski definition) is 4. The molecule has 0 unspecified atom stereocenters. The van der Waals surface area contributed by atoms with Gasteiger partial charge in [-0.3, -0.25) is 4.79 Å². The molecule has 0 aromatic rings. The number of ether oxygens (including phenoxy) is 3. The van der Waals surface area contributed by atoms with E-state index in [0.717, 1.165) is 12.8 Å². The molecule has 4 nitrogen and oxygen atoms in total. The summed E-state index contributed by atoms with van der Waals surface area (Å²) in [5.41, 5.74) is 0. The summed E-state index contributed by atoms with van der Waals surface area (Å²) in [4.78, 5) is 10.4. The Morgan fingerprint density at radius 1 is 1.57 bits per heavy atom. The lowest BCUT2D eigenvalue weighted by molar-refractivity contribution is -0.134. The van der Waals surface area contributed by atoms with Crippen LogP contribution in [0.1, 0.15) is 26.2 Å². The van der Waals surface area contributed by atoms with E-state index in [1.807, 2.05) is 0 Å². The van der Waals surface area contributed by atoms with E-state index in [9.17, 15) is 4.79 Å². The molecule has 0 bridgehead atoms. The first-order valence-corrected chi connectivity index (χ1v) is 4.56. The smallest absolute Gasteiger partial charge is 0.316 e. The van der Waals surface area contributed by atoms with Gasteiger partial charge in [0.2, 0.25) is 0 Å². The van der Waals surface area contributed by atoms with Crippen LogP contribution in [0.2, 0.25) is 0 Å². The standard InChI is InChI=1S/C10H14O4/c1-8(11)13-7-3-4-9-5-6-10(12-2)14-9/h9-10H,4-6H2,1-2H3/t9-,10-/m0/s1. The molecular formula is C10H14O4. The minimum atomic E-state index is -0.389. The maximum Gasteiger partial charge on any atom is 0.316 e. The van der Waals surface area contributed by atoms with Gasteiger partial charge in [0, 0.05) is 26.9 Å². The second kappa shape index (κ2) is 5.63. The van der Waals surface area contributed by atoms with E-state index in [0.29, 0.717) is 6.42 Å². The Kier molecular flexibility index (Phi) is 4.44. The molecule has 78 valence electrons. The monoisotopic (exact) mass is 198 g/mol. The predicted octanol–water partition coefficient (Wildman–Crippen LogP) is 1.05. The van der Waals surface area contributed by atoms with Crippen LogP contribution in [-0.4, -0.2) is 25.5 Å². The molecule has 14 heavy (non-hydrogen) atoms. The van der Waals surface area contributed by atoms with Crippen LogP contribution < -0.4 is 0 Å². The molecule has 0 aliphatic carbocycles. The quantitative estimate of drug-likeness (QED) is 0.491. The summed E-state index contributed by atoms with van der Waals surface area (Å²) in [6.45, 7) is 1.32. The highest BCUT2D eigenvalue weighted by Crippen LogP contribution is 2.21. The predicted molar refractivity (Wildman–Crippen MR) is 49.1 cm³/mol. The topological polar surface area (TPSA) is 44.8 Å². The van der Waals surface area contributed by atoms with Crippen molar-refractivity contribution in [3.05, 3.63) is 0 Å². The third-order valence-electron chi connectivity index (χ3n) is 1.93.